The molecule has 0 heterocycles. The first-order valence-corrected chi connectivity index (χ1v) is 5.15. The van der Waals surface area contributed by atoms with Gasteiger partial charge in [-0.15, -0.1) is 0 Å². The van der Waals surface area contributed by atoms with Crippen LogP contribution in [0.3, 0.4) is 0 Å². The van der Waals surface area contributed by atoms with Gasteiger partial charge in [-0.3, -0.25) is 0 Å². The third-order valence-electron chi connectivity index (χ3n) is 2.08. The van der Waals surface area contributed by atoms with Crippen LogP contribution in [0.4, 0.5) is 4.79 Å². The molecule has 0 unspecified atom stereocenters. The van der Waals surface area contributed by atoms with Gasteiger partial charge in [-0.25, -0.2) is 9.59 Å². The van der Waals surface area contributed by atoms with Crippen molar-refractivity contribution in [3.8, 4) is 0 Å². The van der Waals surface area contributed by atoms with Crippen LogP contribution in [-0.4, -0.2) is 54.4 Å². The van der Waals surface area contributed by atoms with Crippen molar-refractivity contribution in [1.29, 1.82) is 0 Å². The predicted octanol–water partition coefficient (Wildman–Crippen LogP) is 0.527. The fourth-order valence-electron chi connectivity index (χ4n) is 0.864. The monoisotopic (exact) mass is 232 g/mol. The Morgan fingerprint density at radius 1 is 1.44 bits per heavy atom. The lowest BCUT2D eigenvalue weighted by atomic mass is 10.1. The molecule has 0 rings (SSSR count). The highest BCUT2D eigenvalue weighted by molar-refractivity contribution is 5.85. The number of carboxylic acids is 1. The first-order valence-electron chi connectivity index (χ1n) is 5.15. The molecular weight excluding hydrogens is 212 g/mol. The van der Waals surface area contributed by atoms with E-state index in [1.165, 1.54) is 18.7 Å². The largest absolute Gasteiger partial charge is 0.480 e. The summed E-state index contributed by atoms with van der Waals surface area (Å²) in [7, 11) is 1.59. The maximum Gasteiger partial charge on any atom is 0.328 e. The minimum absolute atomic E-state index is 0.424. The van der Waals surface area contributed by atoms with Crippen molar-refractivity contribution in [2.24, 2.45) is 0 Å². The van der Waals surface area contributed by atoms with Crippen molar-refractivity contribution in [3.05, 3.63) is 0 Å². The van der Waals surface area contributed by atoms with E-state index in [1.807, 2.05) is 6.92 Å². The molecule has 0 saturated carbocycles. The van der Waals surface area contributed by atoms with Crippen LogP contribution in [0.15, 0.2) is 0 Å². The number of amides is 2. The molecular formula is C10H20N2O4. The Hall–Kier alpha value is -1.30. The van der Waals surface area contributed by atoms with Gasteiger partial charge < -0.3 is 20.1 Å². The van der Waals surface area contributed by atoms with Crippen LogP contribution in [0.25, 0.3) is 0 Å². The number of rotatable bonds is 6. The predicted molar refractivity (Wildman–Crippen MR) is 59.4 cm³/mol. The molecule has 6 nitrogen and oxygen atoms in total. The van der Waals surface area contributed by atoms with E-state index in [9.17, 15) is 9.59 Å². The van der Waals surface area contributed by atoms with E-state index in [-0.39, 0.29) is 0 Å². The minimum Gasteiger partial charge on any atom is -0.480 e. The first-order chi connectivity index (χ1) is 7.31. The van der Waals surface area contributed by atoms with Crippen LogP contribution in [0.2, 0.25) is 0 Å². The Morgan fingerprint density at radius 3 is 2.44 bits per heavy atom. The van der Waals surface area contributed by atoms with Crippen LogP contribution in [0.1, 0.15) is 20.8 Å². The minimum atomic E-state index is -1.27. The quantitative estimate of drug-likeness (QED) is 0.655. The molecule has 6 heteroatoms. The molecule has 94 valence electrons. The summed E-state index contributed by atoms with van der Waals surface area (Å²) in [5.41, 5.74) is -1.27. The summed E-state index contributed by atoms with van der Waals surface area (Å²) in [5, 5.41) is 11.2. The van der Waals surface area contributed by atoms with Crippen molar-refractivity contribution >= 4 is 12.0 Å². The molecule has 0 aromatic rings. The van der Waals surface area contributed by atoms with E-state index >= 15 is 0 Å². The van der Waals surface area contributed by atoms with Gasteiger partial charge in [-0.05, 0) is 20.8 Å². The Morgan fingerprint density at radius 2 is 2.00 bits per heavy atom. The number of hydrogen-bond donors (Lipinski definition) is 2. The molecule has 0 aliphatic carbocycles. The van der Waals surface area contributed by atoms with Crippen molar-refractivity contribution in [1.82, 2.24) is 10.2 Å². The number of aliphatic carboxylic acids is 1. The van der Waals surface area contributed by atoms with E-state index in [2.05, 4.69) is 5.32 Å². The number of likely N-dealkylation sites (N-methyl/N-ethyl adjacent to an activating group) is 1. The van der Waals surface area contributed by atoms with Gasteiger partial charge in [0.2, 0.25) is 0 Å². The molecule has 0 aliphatic rings. The van der Waals surface area contributed by atoms with Gasteiger partial charge in [0.1, 0.15) is 5.54 Å². The van der Waals surface area contributed by atoms with E-state index in [0.29, 0.717) is 19.8 Å². The van der Waals surface area contributed by atoms with Gasteiger partial charge >= 0.3 is 12.0 Å². The zero-order valence-electron chi connectivity index (χ0n) is 10.2. The number of carbonyl (C=O) groups excluding carboxylic acids is 1. The van der Waals surface area contributed by atoms with Crippen LogP contribution < -0.4 is 5.32 Å². The third-order valence-corrected chi connectivity index (χ3v) is 2.08. The Labute approximate surface area is 95.6 Å². The smallest absolute Gasteiger partial charge is 0.328 e. The molecule has 2 N–H and O–H groups in total. The number of nitrogens with one attached hydrogen (secondary N) is 1. The molecule has 0 spiro atoms. The fourth-order valence-corrected chi connectivity index (χ4v) is 0.864. The van der Waals surface area contributed by atoms with Crippen molar-refractivity contribution < 1.29 is 19.4 Å². The fraction of sp³-hybridized carbons (Fsp3) is 0.800. The molecule has 0 saturated heterocycles. The van der Waals surface area contributed by atoms with Crippen LogP contribution in [-0.2, 0) is 9.53 Å². The van der Waals surface area contributed by atoms with Crippen molar-refractivity contribution in [2.45, 2.75) is 26.3 Å². The highest BCUT2D eigenvalue weighted by Crippen LogP contribution is 2.02. The van der Waals surface area contributed by atoms with E-state index in [0.717, 1.165) is 0 Å². The molecule has 0 bridgehead atoms. The van der Waals surface area contributed by atoms with Crippen LogP contribution in [0, 0.1) is 0 Å². The van der Waals surface area contributed by atoms with Gasteiger partial charge in [0.25, 0.3) is 0 Å². The number of hydrogen-bond acceptors (Lipinski definition) is 3. The topological polar surface area (TPSA) is 78.9 Å². The highest BCUT2D eigenvalue weighted by Gasteiger charge is 2.29. The van der Waals surface area contributed by atoms with Crippen molar-refractivity contribution in [2.75, 3.05) is 26.8 Å². The zero-order valence-corrected chi connectivity index (χ0v) is 10.2. The molecule has 0 aromatic carbocycles. The molecule has 0 radical (unpaired) electrons. The zero-order chi connectivity index (χ0) is 12.8. The van der Waals surface area contributed by atoms with E-state index in [4.69, 9.17) is 9.84 Å². The average Bonchev–Trinajstić information content (AvgIpc) is 2.17. The Kier molecular flexibility index (Phi) is 5.81. The first kappa shape index (κ1) is 14.7. The normalized spacial score (nSPS) is 11.0. The summed E-state index contributed by atoms with van der Waals surface area (Å²) in [6.45, 7) is 6.19. The summed E-state index contributed by atoms with van der Waals surface area (Å²) >= 11 is 0. The van der Waals surface area contributed by atoms with Gasteiger partial charge in [-0.1, -0.05) is 0 Å². The molecule has 0 fully saturated rings. The second kappa shape index (κ2) is 6.32. The summed E-state index contributed by atoms with van der Waals surface area (Å²) in [6.07, 6.45) is 0. The van der Waals surface area contributed by atoms with E-state index in [1.54, 1.807) is 7.05 Å². The Balaban J connectivity index is 4.10. The maximum atomic E-state index is 11.6. The van der Waals surface area contributed by atoms with Gasteiger partial charge in [0, 0.05) is 20.2 Å². The van der Waals surface area contributed by atoms with Crippen LogP contribution >= 0.6 is 0 Å². The summed E-state index contributed by atoms with van der Waals surface area (Å²) in [6, 6.07) is -0.424. The lowest BCUT2D eigenvalue weighted by Gasteiger charge is -2.25. The van der Waals surface area contributed by atoms with Gasteiger partial charge in [0.05, 0.1) is 6.61 Å². The van der Waals surface area contributed by atoms with Gasteiger partial charge in [-0.2, -0.15) is 0 Å². The third kappa shape index (κ3) is 4.97. The number of carbonyl (C=O) groups is 2. The number of nitrogens with zero attached hydrogens (tertiary/aromatic N) is 1. The summed E-state index contributed by atoms with van der Waals surface area (Å²) < 4.78 is 5.09. The maximum absolute atomic E-state index is 11.6. The average molecular weight is 232 g/mol. The number of carboxylic acid groups (broad SMARTS) is 1. The molecule has 0 aromatic heterocycles. The summed E-state index contributed by atoms with van der Waals surface area (Å²) in [5.74, 6) is -1.07. The molecule has 0 aliphatic heterocycles. The second-order valence-electron chi connectivity index (χ2n) is 3.98. The SMILES string of the molecule is CCOCCN(C)C(=O)NC(C)(C)C(=O)O. The summed E-state index contributed by atoms with van der Waals surface area (Å²) in [4.78, 5) is 23.7. The highest BCUT2D eigenvalue weighted by atomic mass is 16.5. The van der Waals surface area contributed by atoms with Gasteiger partial charge in [0.15, 0.2) is 0 Å². The number of ether oxygens (including phenoxy) is 1. The molecule has 16 heavy (non-hydrogen) atoms. The molecule has 2 amide bonds. The second-order valence-corrected chi connectivity index (χ2v) is 3.98. The lowest BCUT2D eigenvalue weighted by molar-refractivity contribution is -0.143. The standard InChI is InChI=1S/C10H20N2O4/c1-5-16-7-6-12(4)9(15)11-10(2,3)8(13)14/h5-7H2,1-4H3,(H,11,15)(H,13,14). The number of urea groups is 1. The van der Waals surface area contributed by atoms with Crippen LogP contribution in [0.5, 0.6) is 0 Å². The van der Waals surface area contributed by atoms with E-state index < -0.39 is 17.5 Å². The van der Waals surface area contributed by atoms with Crippen molar-refractivity contribution in [3.63, 3.8) is 0 Å². The Bertz CT molecular complexity index is 253. The molecule has 0 atom stereocenters. The lowest BCUT2D eigenvalue weighted by Crippen LogP contribution is -2.53.